The zero-order valence-corrected chi connectivity index (χ0v) is 10.9. The molecule has 1 aromatic carbocycles. The van der Waals surface area contributed by atoms with Gasteiger partial charge in [-0.1, -0.05) is 30.3 Å². The summed E-state index contributed by atoms with van der Waals surface area (Å²) in [4.78, 5) is 12.1. The van der Waals surface area contributed by atoms with Crippen LogP contribution in [-0.2, 0) is 6.42 Å². The molecule has 0 spiro atoms. The fourth-order valence-electron chi connectivity index (χ4n) is 2.37. The molecule has 5 nitrogen and oxygen atoms in total. The third-order valence-corrected chi connectivity index (χ3v) is 3.39. The number of aromatic amines is 1. The zero-order chi connectivity index (χ0) is 13.5. The number of benzene rings is 1. The molecule has 0 bridgehead atoms. The summed E-state index contributed by atoms with van der Waals surface area (Å²) in [6.07, 6.45) is 2.55. The first-order chi connectivity index (χ1) is 9.85. The second kappa shape index (κ2) is 4.16. The van der Waals surface area contributed by atoms with E-state index in [4.69, 9.17) is 4.52 Å². The van der Waals surface area contributed by atoms with Gasteiger partial charge in [0.15, 0.2) is 5.82 Å². The molecule has 0 amide bonds. The minimum absolute atomic E-state index is 0.467. The van der Waals surface area contributed by atoms with Crippen LogP contribution in [0.25, 0.3) is 33.4 Å². The molecule has 0 aliphatic carbocycles. The van der Waals surface area contributed by atoms with Gasteiger partial charge >= 0.3 is 0 Å². The molecular formula is C15H12N4O. The Kier molecular flexibility index (Phi) is 2.32. The van der Waals surface area contributed by atoms with Gasteiger partial charge < -0.3 is 9.51 Å². The molecule has 4 rings (SSSR count). The van der Waals surface area contributed by atoms with Crippen LogP contribution in [0.15, 0.2) is 41.1 Å². The Morgan fingerprint density at radius 3 is 2.90 bits per heavy atom. The number of H-pyrrole nitrogens is 1. The van der Waals surface area contributed by atoms with E-state index in [-0.39, 0.29) is 0 Å². The van der Waals surface area contributed by atoms with Crippen molar-refractivity contribution >= 4 is 21.8 Å². The lowest BCUT2D eigenvalue weighted by Crippen LogP contribution is -1.85. The van der Waals surface area contributed by atoms with Crippen LogP contribution in [0, 0.1) is 0 Å². The molecule has 1 N–H and O–H groups in total. The molecule has 0 aliphatic heterocycles. The number of para-hydroxylation sites is 1. The van der Waals surface area contributed by atoms with E-state index in [1.165, 1.54) is 5.39 Å². The van der Waals surface area contributed by atoms with Crippen molar-refractivity contribution in [1.82, 2.24) is 20.1 Å². The molecule has 98 valence electrons. The lowest BCUT2D eigenvalue weighted by molar-refractivity contribution is 0.422. The van der Waals surface area contributed by atoms with E-state index in [1.807, 2.05) is 25.1 Å². The Bertz CT molecular complexity index is 906. The minimum atomic E-state index is 0.467. The monoisotopic (exact) mass is 264 g/mol. The van der Waals surface area contributed by atoms with Crippen molar-refractivity contribution in [1.29, 1.82) is 0 Å². The van der Waals surface area contributed by atoms with Crippen molar-refractivity contribution in [2.45, 2.75) is 13.3 Å². The van der Waals surface area contributed by atoms with Gasteiger partial charge in [0.2, 0.25) is 0 Å². The summed E-state index contributed by atoms with van der Waals surface area (Å²) >= 11 is 0. The Morgan fingerprint density at radius 2 is 2.05 bits per heavy atom. The van der Waals surface area contributed by atoms with Crippen molar-refractivity contribution in [3.05, 3.63) is 42.4 Å². The number of rotatable bonds is 2. The van der Waals surface area contributed by atoms with Crippen LogP contribution in [0.2, 0.25) is 0 Å². The lowest BCUT2D eigenvalue weighted by atomic mass is 10.1. The Hall–Kier alpha value is -2.69. The van der Waals surface area contributed by atoms with E-state index in [1.54, 1.807) is 6.20 Å². The average molecular weight is 264 g/mol. The van der Waals surface area contributed by atoms with E-state index in [9.17, 15) is 0 Å². The van der Waals surface area contributed by atoms with E-state index < -0.39 is 0 Å². The highest BCUT2D eigenvalue weighted by Gasteiger charge is 2.11. The molecule has 0 fully saturated rings. The molecule has 0 atom stereocenters. The third-order valence-electron chi connectivity index (χ3n) is 3.39. The minimum Gasteiger partial charge on any atom is -0.353 e. The third kappa shape index (κ3) is 1.60. The molecule has 0 radical (unpaired) electrons. The molecule has 0 saturated carbocycles. The summed E-state index contributed by atoms with van der Waals surface area (Å²) in [6.45, 7) is 1.99. The Morgan fingerprint density at radius 1 is 1.15 bits per heavy atom. The fraction of sp³-hybridized carbons (Fsp3) is 0.133. The van der Waals surface area contributed by atoms with Crippen LogP contribution in [0.3, 0.4) is 0 Å². The Labute approximate surface area is 114 Å². The predicted octanol–water partition coefficient (Wildman–Crippen LogP) is 3.33. The normalized spacial score (nSPS) is 11.4. The molecular weight excluding hydrogens is 252 g/mol. The molecule has 0 unspecified atom stereocenters. The SMILES string of the molecule is CCc1noc(-c2cc3c(cn2)[nH]c2ccccc23)n1. The van der Waals surface area contributed by atoms with Crippen LogP contribution in [0.4, 0.5) is 0 Å². The highest BCUT2D eigenvalue weighted by atomic mass is 16.5. The highest BCUT2D eigenvalue weighted by Crippen LogP contribution is 2.27. The van der Waals surface area contributed by atoms with Crippen LogP contribution >= 0.6 is 0 Å². The number of fused-ring (bicyclic) bond motifs is 3. The fourth-order valence-corrected chi connectivity index (χ4v) is 2.37. The maximum absolute atomic E-state index is 5.25. The molecule has 5 heteroatoms. The molecule has 4 aromatic rings. The van der Waals surface area contributed by atoms with E-state index >= 15 is 0 Å². The van der Waals surface area contributed by atoms with Crippen LogP contribution < -0.4 is 0 Å². The van der Waals surface area contributed by atoms with Crippen molar-refractivity contribution < 1.29 is 4.52 Å². The second-order valence-corrected chi connectivity index (χ2v) is 4.66. The van der Waals surface area contributed by atoms with E-state index in [0.717, 1.165) is 22.8 Å². The maximum atomic E-state index is 5.25. The van der Waals surface area contributed by atoms with Crippen LogP contribution in [0.5, 0.6) is 0 Å². The van der Waals surface area contributed by atoms with Gasteiger partial charge in [0.05, 0.1) is 11.7 Å². The van der Waals surface area contributed by atoms with Gasteiger partial charge in [0.25, 0.3) is 5.89 Å². The average Bonchev–Trinajstić information content (AvgIpc) is 3.11. The van der Waals surface area contributed by atoms with Crippen molar-refractivity contribution in [2.75, 3.05) is 0 Å². The summed E-state index contributed by atoms with van der Waals surface area (Å²) in [5.74, 6) is 1.16. The summed E-state index contributed by atoms with van der Waals surface area (Å²) in [5.41, 5.74) is 2.81. The number of aromatic nitrogens is 4. The summed E-state index contributed by atoms with van der Waals surface area (Å²) in [7, 11) is 0. The maximum Gasteiger partial charge on any atom is 0.276 e. The molecule has 20 heavy (non-hydrogen) atoms. The summed E-state index contributed by atoms with van der Waals surface area (Å²) < 4.78 is 5.25. The first-order valence-electron chi connectivity index (χ1n) is 6.54. The van der Waals surface area contributed by atoms with Gasteiger partial charge in [-0.3, -0.25) is 0 Å². The largest absolute Gasteiger partial charge is 0.353 e. The van der Waals surface area contributed by atoms with Crippen molar-refractivity contribution in [2.24, 2.45) is 0 Å². The lowest BCUT2D eigenvalue weighted by Gasteiger charge is -1.94. The summed E-state index contributed by atoms with van der Waals surface area (Å²) in [5, 5.41) is 6.19. The molecule has 3 heterocycles. The van der Waals surface area contributed by atoms with Gasteiger partial charge in [-0.2, -0.15) is 4.98 Å². The van der Waals surface area contributed by atoms with E-state index in [2.05, 4.69) is 32.2 Å². The Balaban J connectivity index is 1.95. The highest BCUT2D eigenvalue weighted by molar-refractivity contribution is 6.07. The van der Waals surface area contributed by atoms with E-state index in [0.29, 0.717) is 17.4 Å². The second-order valence-electron chi connectivity index (χ2n) is 4.66. The van der Waals surface area contributed by atoms with Crippen molar-refractivity contribution in [3.8, 4) is 11.6 Å². The smallest absolute Gasteiger partial charge is 0.276 e. The number of hydrogen-bond acceptors (Lipinski definition) is 4. The zero-order valence-electron chi connectivity index (χ0n) is 10.9. The first-order valence-corrected chi connectivity index (χ1v) is 6.54. The molecule has 0 aliphatic rings. The van der Waals surface area contributed by atoms with Gasteiger partial charge in [-0.25, -0.2) is 4.98 Å². The number of aryl methyl sites for hydroxylation is 1. The topological polar surface area (TPSA) is 67.6 Å². The van der Waals surface area contributed by atoms with Crippen LogP contribution in [-0.4, -0.2) is 20.1 Å². The number of nitrogens with one attached hydrogen (secondary N) is 1. The predicted molar refractivity (Wildman–Crippen MR) is 76.3 cm³/mol. The van der Waals surface area contributed by atoms with Gasteiger partial charge in [0.1, 0.15) is 5.69 Å². The number of hydrogen-bond donors (Lipinski definition) is 1. The molecule has 3 aromatic heterocycles. The van der Waals surface area contributed by atoms with Crippen LogP contribution in [0.1, 0.15) is 12.7 Å². The number of pyridine rings is 1. The van der Waals surface area contributed by atoms with Gasteiger partial charge in [0, 0.05) is 22.7 Å². The van der Waals surface area contributed by atoms with Crippen molar-refractivity contribution in [3.63, 3.8) is 0 Å². The standard InChI is InChI=1S/C15H12N4O/c1-2-14-18-15(20-19-14)12-7-10-9-5-3-4-6-11(9)17-13(10)8-16-12/h3-8,17H,2H2,1H3. The quantitative estimate of drug-likeness (QED) is 0.603. The molecule has 0 saturated heterocycles. The van der Waals surface area contributed by atoms with Gasteiger partial charge in [-0.15, -0.1) is 0 Å². The number of nitrogens with zero attached hydrogens (tertiary/aromatic N) is 3. The first kappa shape index (κ1) is 11.2. The van der Waals surface area contributed by atoms with Gasteiger partial charge in [-0.05, 0) is 12.1 Å². The summed E-state index contributed by atoms with van der Waals surface area (Å²) in [6, 6.07) is 10.2.